The summed E-state index contributed by atoms with van der Waals surface area (Å²) < 4.78 is 10.4. The van der Waals surface area contributed by atoms with Crippen LogP contribution >= 0.6 is 15.9 Å². The molecule has 1 heterocycles. The fourth-order valence-corrected chi connectivity index (χ4v) is 2.60. The number of hydrogen-bond acceptors (Lipinski definition) is 3. The Labute approximate surface area is 108 Å². The first kappa shape index (κ1) is 14.4. The Morgan fingerprint density at radius 3 is 2.50 bits per heavy atom. The molecule has 1 atom stereocenters. The molecular formula is C12H24BrNO2. The topological polar surface area (TPSA) is 21.7 Å². The quantitative estimate of drug-likeness (QED) is 0.530. The van der Waals surface area contributed by atoms with E-state index in [1.807, 2.05) is 0 Å². The van der Waals surface area contributed by atoms with E-state index < -0.39 is 0 Å². The second kappa shape index (κ2) is 8.45. The molecule has 1 aliphatic heterocycles. The molecule has 0 aliphatic carbocycles. The Balaban J connectivity index is 1.99. The second-order valence-corrected chi connectivity index (χ2v) is 5.91. The number of piperidine rings is 1. The van der Waals surface area contributed by atoms with Crippen LogP contribution in [0, 0.1) is 5.92 Å². The van der Waals surface area contributed by atoms with E-state index in [1.165, 1.54) is 25.9 Å². The van der Waals surface area contributed by atoms with Gasteiger partial charge in [-0.2, -0.15) is 0 Å². The number of hydrogen-bond donors (Lipinski definition) is 0. The third-order valence-electron chi connectivity index (χ3n) is 3.27. The molecule has 1 aliphatic rings. The Kier molecular flexibility index (Phi) is 7.62. The minimum absolute atomic E-state index is 0.660. The average molecular weight is 294 g/mol. The molecule has 0 bridgehead atoms. The van der Waals surface area contributed by atoms with Crippen molar-refractivity contribution in [3.8, 4) is 0 Å². The van der Waals surface area contributed by atoms with Crippen molar-refractivity contribution >= 4 is 15.9 Å². The van der Waals surface area contributed by atoms with E-state index in [-0.39, 0.29) is 0 Å². The van der Waals surface area contributed by atoms with Gasteiger partial charge in [0.1, 0.15) is 0 Å². The van der Waals surface area contributed by atoms with Gasteiger partial charge in [0.05, 0.1) is 19.8 Å². The minimum Gasteiger partial charge on any atom is -0.382 e. The van der Waals surface area contributed by atoms with Gasteiger partial charge in [-0.3, -0.25) is 0 Å². The third kappa shape index (κ3) is 5.62. The molecule has 16 heavy (non-hydrogen) atoms. The standard InChI is InChI=1S/C12H24BrNO2/c1-11(13)12-3-5-14(6-4-12)7-8-16-10-9-15-2/h11-12H,3-10H2,1-2H3. The molecule has 0 saturated carbocycles. The maximum Gasteiger partial charge on any atom is 0.0700 e. The summed E-state index contributed by atoms with van der Waals surface area (Å²) in [6.07, 6.45) is 2.62. The van der Waals surface area contributed by atoms with Crippen LogP contribution in [0.4, 0.5) is 0 Å². The summed E-state index contributed by atoms with van der Waals surface area (Å²) in [4.78, 5) is 3.16. The third-order valence-corrected chi connectivity index (χ3v) is 4.01. The molecule has 0 aromatic heterocycles. The first-order chi connectivity index (χ1) is 7.74. The van der Waals surface area contributed by atoms with Gasteiger partial charge in [0.25, 0.3) is 0 Å². The Morgan fingerprint density at radius 2 is 1.94 bits per heavy atom. The number of halogens is 1. The maximum atomic E-state index is 5.48. The number of rotatable bonds is 7. The highest BCUT2D eigenvalue weighted by molar-refractivity contribution is 9.09. The average Bonchev–Trinajstić information content (AvgIpc) is 2.29. The number of nitrogens with zero attached hydrogens (tertiary/aromatic N) is 1. The Bertz CT molecular complexity index is 170. The molecule has 0 N–H and O–H groups in total. The van der Waals surface area contributed by atoms with E-state index in [0.29, 0.717) is 18.0 Å². The predicted octanol–water partition coefficient (Wildman–Crippen LogP) is 2.14. The molecule has 1 saturated heterocycles. The summed E-state index contributed by atoms with van der Waals surface area (Å²) in [5, 5.41) is 0. The van der Waals surface area contributed by atoms with E-state index in [9.17, 15) is 0 Å². The highest BCUT2D eigenvalue weighted by Crippen LogP contribution is 2.24. The van der Waals surface area contributed by atoms with Gasteiger partial charge in [-0.25, -0.2) is 0 Å². The van der Waals surface area contributed by atoms with E-state index >= 15 is 0 Å². The van der Waals surface area contributed by atoms with Gasteiger partial charge < -0.3 is 14.4 Å². The second-order valence-electron chi connectivity index (χ2n) is 4.46. The Morgan fingerprint density at radius 1 is 1.25 bits per heavy atom. The molecule has 4 heteroatoms. The SMILES string of the molecule is COCCOCCN1CCC(C(C)Br)CC1. The normalized spacial score (nSPS) is 21.2. The predicted molar refractivity (Wildman–Crippen MR) is 70.2 cm³/mol. The molecule has 0 spiro atoms. The maximum absolute atomic E-state index is 5.48. The molecule has 0 aromatic rings. The van der Waals surface area contributed by atoms with Crippen LogP contribution in [0.1, 0.15) is 19.8 Å². The molecule has 1 rings (SSSR count). The van der Waals surface area contributed by atoms with E-state index in [1.54, 1.807) is 7.11 Å². The summed E-state index contributed by atoms with van der Waals surface area (Å²) in [7, 11) is 1.70. The lowest BCUT2D eigenvalue weighted by atomic mass is 9.94. The summed E-state index contributed by atoms with van der Waals surface area (Å²) in [6.45, 7) is 8.00. The fraction of sp³-hybridized carbons (Fsp3) is 1.00. The van der Waals surface area contributed by atoms with Crippen LogP contribution in [0.25, 0.3) is 0 Å². The molecule has 0 radical (unpaired) electrons. The number of alkyl halides is 1. The zero-order chi connectivity index (χ0) is 11.8. The highest BCUT2D eigenvalue weighted by atomic mass is 79.9. The van der Waals surface area contributed by atoms with Crippen LogP contribution in [0.2, 0.25) is 0 Å². The summed E-state index contributed by atoms with van der Waals surface area (Å²) in [6, 6.07) is 0. The summed E-state index contributed by atoms with van der Waals surface area (Å²) in [5.74, 6) is 0.852. The monoisotopic (exact) mass is 293 g/mol. The molecule has 96 valence electrons. The molecule has 0 aromatic carbocycles. The lowest BCUT2D eigenvalue weighted by Gasteiger charge is -2.33. The van der Waals surface area contributed by atoms with E-state index in [2.05, 4.69) is 27.8 Å². The molecule has 1 unspecified atom stereocenters. The number of ether oxygens (including phenoxy) is 2. The van der Waals surface area contributed by atoms with Crippen molar-refractivity contribution in [1.82, 2.24) is 4.90 Å². The Hall–Kier alpha value is 0.360. The summed E-state index contributed by atoms with van der Waals surface area (Å²) in [5.41, 5.74) is 0. The highest BCUT2D eigenvalue weighted by Gasteiger charge is 2.21. The van der Waals surface area contributed by atoms with Crippen molar-refractivity contribution in [1.29, 1.82) is 0 Å². The van der Waals surface area contributed by atoms with E-state index in [0.717, 1.165) is 19.1 Å². The lowest BCUT2D eigenvalue weighted by molar-refractivity contribution is 0.0511. The van der Waals surface area contributed by atoms with Gasteiger partial charge in [-0.15, -0.1) is 0 Å². The molecule has 3 nitrogen and oxygen atoms in total. The first-order valence-electron chi connectivity index (χ1n) is 6.17. The van der Waals surface area contributed by atoms with Crippen molar-refractivity contribution in [2.75, 3.05) is 46.6 Å². The molecular weight excluding hydrogens is 270 g/mol. The van der Waals surface area contributed by atoms with Gasteiger partial charge in [-0.05, 0) is 31.8 Å². The first-order valence-corrected chi connectivity index (χ1v) is 7.08. The van der Waals surface area contributed by atoms with Gasteiger partial charge >= 0.3 is 0 Å². The zero-order valence-corrected chi connectivity index (χ0v) is 12.0. The number of likely N-dealkylation sites (tertiary alicyclic amines) is 1. The van der Waals surface area contributed by atoms with Crippen molar-refractivity contribution in [3.63, 3.8) is 0 Å². The minimum atomic E-state index is 0.660. The largest absolute Gasteiger partial charge is 0.382 e. The number of methoxy groups -OCH3 is 1. The zero-order valence-electron chi connectivity index (χ0n) is 10.5. The summed E-state index contributed by atoms with van der Waals surface area (Å²) >= 11 is 3.68. The van der Waals surface area contributed by atoms with Crippen molar-refractivity contribution in [2.45, 2.75) is 24.6 Å². The van der Waals surface area contributed by atoms with Gasteiger partial charge in [-0.1, -0.05) is 22.9 Å². The van der Waals surface area contributed by atoms with Gasteiger partial charge in [0.2, 0.25) is 0 Å². The van der Waals surface area contributed by atoms with Crippen LogP contribution in [-0.2, 0) is 9.47 Å². The van der Waals surface area contributed by atoms with Crippen LogP contribution in [0.3, 0.4) is 0 Å². The van der Waals surface area contributed by atoms with Crippen LogP contribution < -0.4 is 0 Å². The smallest absolute Gasteiger partial charge is 0.0700 e. The van der Waals surface area contributed by atoms with Crippen LogP contribution in [0.15, 0.2) is 0 Å². The lowest BCUT2D eigenvalue weighted by Crippen LogP contribution is -2.37. The fourth-order valence-electron chi connectivity index (χ4n) is 2.07. The van der Waals surface area contributed by atoms with Crippen LogP contribution in [-0.4, -0.2) is 56.3 Å². The van der Waals surface area contributed by atoms with Crippen molar-refractivity contribution in [3.05, 3.63) is 0 Å². The van der Waals surface area contributed by atoms with E-state index in [4.69, 9.17) is 9.47 Å². The van der Waals surface area contributed by atoms with Gasteiger partial charge in [0, 0.05) is 18.5 Å². The van der Waals surface area contributed by atoms with Crippen molar-refractivity contribution in [2.24, 2.45) is 5.92 Å². The van der Waals surface area contributed by atoms with Crippen molar-refractivity contribution < 1.29 is 9.47 Å². The van der Waals surface area contributed by atoms with Crippen LogP contribution in [0.5, 0.6) is 0 Å². The van der Waals surface area contributed by atoms with Gasteiger partial charge in [0.15, 0.2) is 0 Å². The molecule has 0 amide bonds. The molecule has 1 fully saturated rings.